The second-order valence-corrected chi connectivity index (χ2v) is 16.6. The number of fused-ring (bicyclic) bond motifs is 1. The van der Waals surface area contributed by atoms with E-state index in [1.54, 1.807) is 45.0 Å². The number of benzene rings is 1. The third kappa shape index (κ3) is 4.20. The molecule has 0 bridgehead atoms. The number of carbonyl (C=O) groups is 2. The molecule has 0 spiro atoms. The van der Waals surface area contributed by atoms with Gasteiger partial charge in [0.15, 0.2) is 26.3 Å². The van der Waals surface area contributed by atoms with Crippen LogP contribution in [0, 0.1) is 5.92 Å². The number of rotatable bonds is 8. The van der Waals surface area contributed by atoms with E-state index in [4.69, 9.17) is 18.4 Å². The summed E-state index contributed by atoms with van der Waals surface area (Å²) in [6.45, 7) is 15.3. The highest BCUT2D eigenvalue weighted by atomic mass is 32.2. The molecule has 184 valence electrons. The van der Waals surface area contributed by atoms with Crippen LogP contribution >= 0.6 is 12.0 Å². The molecule has 10 heteroatoms. The molecule has 2 heterocycles. The van der Waals surface area contributed by atoms with Crippen molar-refractivity contribution in [2.75, 3.05) is 6.73 Å². The SMILES string of the molecule is CC(C)[C@H](O)C12C(=O)OCN1C(=O)[C@](C)(SOOc1ccccc1)C2O[Si](C)(C)C(C)(C)C. The lowest BCUT2D eigenvalue weighted by atomic mass is 9.79. The standard InChI is InChI=1S/C23H35NO7SSi/c1-15(2)17(25)23-18(30-33(7,8)21(3,4)5)22(6,19(26)24(23)14-28-20(23)27)32-31-29-16-12-10-9-11-13-16/h9-13,15,17-18,25H,14H2,1-8H3/t17-,18?,22+,23?/m0/s1. The van der Waals surface area contributed by atoms with Crippen molar-refractivity contribution in [2.45, 2.75) is 82.2 Å². The van der Waals surface area contributed by atoms with Crippen LogP contribution in [0.25, 0.3) is 0 Å². The average Bonchev–Trinajstić information content (AvgIpc) is 3.15. The number of amides is 1. The lowest BCUT2D eigenvalue weighted by Crippen LogP contribution is -2.66. The van der Waals surface area contributed by atoms with E-state index in [1.165, 1.54) is 4.90 Å². The second kappa shape index (κ2) is 8.88. The van der Waals surface area contributed by atoms with Gasteiger partial charge >= 0.3 is 5.97 Å². The van der Waals surface area contributed by atoms with Gasteiger partial charge in [-0.3, -0.25) is 9.69 Å². The largest absolute Gasteiger partial charge is 0.442 e. The number of carbonyl (C=O) groups excluding carboxylic acids is 2. The van der Waals surface area contributed by atoms with Crippen LogP contribution in [0.15, 0.2) is 30.3 Å². The van der Waals surface area contributed by atoms with Crippen molar-refractivity contribution >= 4 is 32.2 Å². The summed E-state index contributed by atoms with van der Waals surface area (Å²) in [4.78, 5) is 33.7. The smallest absolute Gasteiger partial charge is 0.339 e. The Morgan fingerprint density at radius 3 is 2.36 bits per heavy atom. The molecule has 1 N–H and O–H groups in total. The minimum absolute atomic E-state index is 0.205. The average molecular weight is 498 g/mol. The van der Waals surface area contributed by atoms with Crippen LogP contribution in [-0.2, 0) is 23.1 Å². The molecule has 2 saturated heterocycles. The Kier molecular flexibility index (Phi) is 7.00. The zero-order chi connectivity index (χ0) is 24.8. The molecule has 0 aromatic heterocycles. The number of aliphatic hydroxyl groups excluding tert-OH is 1. The van der Waals surface area contributed by atoms with Crippen molar-refractivity contribution in [3.63, 3.8) is 0 Å². The molecular weight excluding hydrogens is 462 g/mol. The number of hydrogen-bond donors (Lipinski definition) is 1. The molecule has 2 aliphatic heterocycles. The molecular formula is C23H35NO7SSi. The van der Waals surface area contributed by atoms with Crippen molar-refractivity contribution in [3.8, 4) is 5.75 Å². The Morgan fingerprint density at radius 1 is 1.21 bits per heavy atom. The van der Waals surface area contributed by atoms with Crippen LogP contribution in [0.5, 0.6) is 5.75 Å². The third-order valence-electron chi connectivity index (χ3n) is 7.05. The van der Waals surface area contributed by atoms with Crippen LogP contribution in [-0.4, -0.2) is 59.4 Å². The number of aliphatic hydroxyl groups is 1. The first-order valence-electron chi connectivity index (χ1n) is 11.1. The lowest BCUT2D eigenvalue weighted by molar-refractivity contribution is -0.154. The highest BCUT2D eigenvalue weighted by Gasteiger charge is 2.77. The number of esters is 1. The Labute approximate surface area is 201 Å². The van der Waals surface area contributed by atoms with Gasteiger partial charge in [-0.15, -0.1) is 4.33 Å². The van der Waals surface area contributed by atoms with Gasteiger partial charge in [-0.05, 0) is 43.1 Å². The summed E-state index contributed by atoms with van der Waals surface area (Å²) in [5, 5.41) is 11.1. The van der Waals surface area contributed by atoms with Gasteiger partial charge in [-0.2, -0.15) is 0 Å². The molecule has 4 atom stereocenters. The molecule has 1 aromatic rings. The molecule has 0 saturated carbocycles. The number of hydrogen-bond acceptors (Lipinski definition) is 8. The van der Waals surface area contributed by atoms with Crippen molar-refractivity contribution in [1.82, 2.24) is 4.90 Å². The minimum atomic E-state index is -2.52. The van der Waals surface area contributed by atoms with Crippen LogP contribution < -0.4 is 4.89 Å². The Bertz CT molecular complexity index is 891. The number of nitrogens with zero attached hydrogens (tertiary/aromatic N) is 1. The van der Waals surface area contributed by atoms with Crippen LogP contribution in [0.2, 0.25) is 18.1 Å². The fourth-order valence-electron chi connectivity index (χ4n) is 4.03. The first kappa shape index (κ1) is 26.0. The molecule has 0 radical (unpaired) electrons. The molecule has 33 heavy (non-hydrogen) atoms. The summed E-state index contributed by atoms with van der Waals surface area (Å²) in [7, 11) is -2.52. The van der Waals surface area contributed by atoms with Gasteiger partial charge in [0.05, 0.1) is 18.1 Å². The molecule has 2 aliphatic rings. The maximum absolute atomic E-state index is 13.7. The van der Waals surface area contributed by atoms with Gasteiger partial charge in [0.25, 0.3) is 0 Å². The van der Waals surface area contributed by atoms with E-state index in [-0.39, 0.29) is 17.7 Å². The quantitative estimate of drug-likeness (QED) is 0.190. The van der Waals surface area contributed by atoms with Gasteiger partial charge in [0.2, 0.25) is 5.91 Å². The third-order valence-corrected chi connectivity index (χ3v) is 12.4. The van der Waals surface area contributed by atoms with Gasteiger partial charge in [-0.1, -0.05) is 52.8 Å². The fourth-order valence-corrected chi connectivity index (χ4v) is 6.22. The maximum atomic E-state index is 13.7. The number of para-hydroxylation sites is 1. The summed E-state index contributed by atoms with van der Waals surface area (Å²) in [6.07, 6.45) is -2.21. The van der Waals surface area contributed by atoms with E-state index in [0.717, 1.165) is 12.0 Å². The van der Waals surface area contributed by atoms with Crippen molar-refractivity contribution in [2.24, 2.45) is 5.92 Å². The predicted octanol–water partition coefficient (Wildman–Crippen LogP) is 3.91. The molecule has 1 amide bonds. The summed E-state index contributed by atoms with van der Waals surface area (Å²) >= 11 is 0.800. The first-order chi connectivity index (χ1) is 15.2. The normalized spacial score (nSPS) is 28.8. The zero-order valence-corrected chi connectivity index (χ0v) is 22.4. The van der Waals surface area contributed by atoms with Crippen LogP contribution in [0.4, 0.5) is 0 Å². The van der Waals surface area contributed by atoms with E-state index in [2.05, 4.69) is 20.8 Å². The predicted molar refractivity (Wildman–Crippen MR) is 128 cm³/mol. The van der Waals surface area contributed by atoms with Gasteiger partial charge in [0.1, 0.15) is 10.9 Å². The molecule has 3 rings (SSSR count). The fraction of sp³-hybridized carbons (Fsp3) is 0.652. The Balaban J connectivity index is 2.05. The van der Waals surface area contributed by atoms with Gasteiger partial charge in [0, 0.05) is 0 Å². The number of ether oxygens (including phenoxy) is 1. The van der Waals surface area contributed by atoms with E-state index in [0.29, 0.717) is 5.75 Å². The van der Waals surface area contributed by atoms with E-state index < -0.39 is 42.7 Å². The summed E-state index contributed by atoms with van der Waals surface area (Å²) in [5.74, 6) is -0.921. The van der Waals surface area contributed by atoms with Crippen LogP contribution in [0.1, 0.15) is 41.5 Å². The van der Waals surface area contributed by atoms with Crippen molar-refractivity contribution in [1.29, 1.82) is 0 Å². The Hall–Kier alpha value is -1.59. The molecule has 1 aromatic carbocycles. The van der Waals surface area contributed by atoms with E-state index in [9.17, 15) is 14.7 Å². The molecule has 8 nitrogen and oxygen atoms in total. The lowest BCUT2D eigenvalue weighted by Gasteiger charge is -2.46. The zero-order valence-electron chi connectivity index (χ0n) is 20.6. The van der Waals surface area contributed by atoms with E-state index in [1.807, 2.05) is 19.2 Å². The van der Waals surface area contributed by atoms with Gasteiger partial charge in [-0.25, -0.2) is 4.79 Å². The first-order valence-corrected chi connectivity index (χ1v) is 14.8. The van der Waals surface area contributed by atoms with Crippen molar-refractivity contribution < 1.29 is 33.1 Å². The van der Waals surface area contributed by atoms with Crippen LogP contribution in [0.3, 0.4) is 0 Å². The van der Waals surface area contributed by atoms with Crippen molar-refractivity contribution in [3.05, 3.63) is 30.3 Å². The highest BCUT2D eigenvalue weighted by molar-refractivity contribution is 7.96. The summed E-state index contributed by atoms with van der Waals surface area (Å²) in [6, 6.07) is 8.90. The summed E-state index contributed by atoms with van der Waals surface area (Å²) in [5.41, 5.74) is -1.67. The topological polar surface area (TPSA) is 94.5 Å². The van der Waals surface area contributed by atoms with Gasteiger partial charge < -0.3 is 19.2 Å². The minimum Gasteiger partial charge on any atom is -0.442 e. The second-order valence-electron chi connectivity index (χ2n) is 10.7. The Morgan fingerprint density at radius 2 is 1.82 bits per heavy atom. The maximum Gasteiger partial charge on any atom is 0.339 e. The summed E-state index contributed by atoms with van der Waals surface area (Å²) < 4.78 is 16.2. The molecule has 0 aliphatic carbocycles. The van der Waals surface area contributed by atoms with E-state index >= 15 is 0 Å². The molecule has 2 fully saturated rings. The number of cyclic esters (lactones) is 1. The molecule has 2 unspecified atom stereocenters. The monoisotopic (exact) mass is 497 g/mol. The highest BCUT2D eigenvalue weighted by Crippen LogP contribution is 2.54.